The number of ether oxygens (including phenoxy) is 1. The maximum Gasteiger partial charge on any atom is 0.224 e. The molecule has 0 bridgehead atoms. The van der Waals surface area contributed by atoms with Gasteiger partial charge in [-0.3, -0.25) is 14.6 Å². The highest BCUT2D eigenvalue weighted by Gasteiger charge is 2.19. The second kappa shape index (κ2) is 10.4. The van der Waals surface area contributed by atoms with Crippen LogP contribution in [0.3, 0.4) is 0 Å². The van der Waals surface area contributed by atoms with Crippen molar-refractivity contribution in [1.82, 2.24) is 9.88 Å². The van der Waals surface area contributed by atoms with Crippen LogP contribution in [-0.2, 0) is 16.0 Å². The van der Waals surface area contributed by atoms with Gasteiger partial charge in [-0.25, -0.2) is 0 Å². The number of anilines is 1. The van der Waals surface area contributed by atoms with Gasteiger partial charge in [-0.05, 0) is 50.1 Å². The number of rotatable bonds is 9. The molecule has 1 heterocycles. The molecule has 0 aliphatic heterocycles. The zero-order valence-corrected chi connectivity index (χ0v) is 17.1. The number of carbonyl (C=O) groups is 2. The van der Waals surface area contributed by atoms with Crippen molar-refractivity contribution in [1.29, 1.82) is 0 Å². The Labute approximate surface area is 167 Å². The first-order valence-electron chi connectivity index (χ1n) is 9.55. The van der Waals surface area contributed by atoms with E-state index in [-0.39, 0.29) is 24.3 Å². The molecule has 0 fully saturated rings. The molecular weight excluding hydrogens is 354 g/mol. The van der Waals surface area contributed by atoms with E-state index >= 15 is 0 Å². The second-order valence-electron chi connectivity index (χ2n) is 6.98. The highest BCUT2D eigenvalue weighted by atomic mass is 16.5. The smallest absolute Gasteiger partial charge is 0.224 e. The predicted molar refractivity (Wildman–Crippen MR) is 110 cm³/mol. The lowest BCUT2D eigenvalue weighted by Crippen LogP contribution is -2.35. The average Bonchev–Trinajstić information content (AvgIpc) is 2.67. The van der Waals surface area contributed by atoms with E-state index < -0.39 is 0 Å². The molecule has 1 aromatic carbocycles. The molecule has 2 aromatic rings. The van der Waals surface area contributed by atoms with E-state index in [9.17, 15) is 9.59 Å². The van der Waals surface area contributed by atoms with E-state index in [2.05, 4.69) is 4.98 Å². The fourth-order valence-electron chi connectivity index (χ4n) is 2.85. The topological polar surface area (TPSA) is 62.7 Å². The van der Waals surface area contributed by atoms with Crippen molar-refractivity contribution in [2.75, 3.05) is 25.0 Å². The molecule has 2 amide bonds. The zero-order valence-electron chi connectivity index (χ0n) is 17.1. The molecule has 0 spiro atoms. The molecule has 0 saturated carbocycles. The molecule has 0 unspecified atom stereocenters. The maximum absolute atomic E-state index is 12.5. The van der Waals surface area contributed by atoms with Crippen molar-refractivity contribution in [3.05, 3.63) is 54.4 Å². The summed E-state index contributed by atoms with van der Waals surface area (Å²) < 4.78 is 5.82. The molecule has 150 valence electrons. The highest BCUT2D eigenvalue weighted by molar-refractivity contribution is 5.93. The number of hydrogen-bond donors (Lipinski definition) is 0. The van der Waals surface area contributed by atoms with Crippen LogP contribution in [-0.4, -0.2) is 47.9 Å². The minimum atomic E-state index is -0.118. The van der Waals surface area contributed by atoms with Crippen LogP contribution in [0.1, 0.15) is 32.8 Å². The van der Waals surface area contributed by atoms with Crippen LogP contribution >= 0.6 is 0 Å². The number of pyridine rings is 1. The van der Waals surface area contributed by atoms with Gasteiger partial charge in [0.05, 0.1) is 11.8 Å². The summed E-state index contributed by atoms with van der Waals surface area (Å²) in [5.41, 5.74) is 1.83. The molecule has 6 nitrogen and oxygen atoms in total. The van der Waals surface area contributed by atoms with Crippen molar-refractivity contribution < 1.29 is 14.3 Å². The molecule has 0 saturated heterocycles. The van der Waals surface area contributed by atoms with Gasteiger partial charge < -0.3 is 14.5 Å². The third-order valence-electron chi connectivity index (χ3n) is 4.36. The molecule has 0 aliphatic carbocycles. The van der Waals surface area contributed by atoms with Gasteiger partial charge in [-0.2, -0.15) is 0 Å². The lowest BCUT2D eigenvalue weighted by atomic mass is 10.2. The number of hydrogen-bond acceptors (Lipinski definition) is 4. The first-order valence-corrected chi connectivity index (χ1v) is 9.55. The summed E-state index contributed by atoms with van der Waals surface area (Å²) in [5.74, 6) is 0.529. The summed E-state index contributed by atoms with van der Waals surface area (Å²) in [6.07, 6.45) is 4.52. The second-order valence-corrected chi connectivity index (χ2v) is 6.98. The lowest BCUT2D eigenvalue weighted by molar-refractivity contribution is -0.129. The third-order valence-corrected chi connectivity index (χ3v) is 4.36. The molecule has 0 atom stereocenters. The molecule has 1 aromatic heterocycles. The summed E-state index contributed by atoms with van der Waals surface area (Å²) in [4.78, 5) is 32.1. The quantitative estimate of drug-likeness (QED) is 0.666. The minimum absolute atomic E-state index is 0.00238. The monoisotopic (exact) mass is 383 g/mol. The van der Waals surface area contributed by atoms with E-state index in [1.54, 1.807) is 29.2 Å². The molecule has 0 radical (unpaired) electrons. The first-order chi connectivity index (χ1) is 13.4. The van der Waals surface area contributed by atoms with E-state index in [1.165, 1.54) is 6.92 Å². The number of aromatic nitrogens is 1. The fraction of sp³-hybridized carbons (Fsp3) is 0.409. The van der Waals surface area contributed by atoms with Gasteiger partial charge in [0.15, 0.2) is 0 Å². The summed E-state index contributed by atoms with van der Waals surface area (Å²) in [6.45, 7) is 6.32. The lowest BCUT2D eigenvalue weighted by Gasteiger charge is -2.25. The van der Waals surface area contributed by atoms with Crippen LogP contribution in [0.5, 0.6) is 5.75 Å². The number of likely N-dealkylation sites (N-methyl/N-ethyl adjacent to an activating group) is 1. The summed E-state index contributed by atoms with van der Waals surface area (Å²) in [6, 6.07) is 11.3. The summed E-state index contributed by atoms with van der Waals surface area (Å²) in [7, 11) is 1.79. The molecule has 0 aliphatic rings. The van der Waals surface area contributed by atoms with E-state index in [1.807, 2.05) is 50.2 Å². The van der Waals surface area contributed by atoms with E-state index in [0.29, 0.717) is 24.5 Å². The Balaban J connectivity index is 1.97. The van der Waals surface area contributed by atoms with Crippen LogP contribution in [0.25, 0.3) is 0 Å². The van der Waals surface area contributed by atoms with Crippen LogP contribution in [0, 0.1) is 0 Å². The zero-order chi connectivity index (χ0) is 20.5. The van der Waals surface area contributed by atoms with Crippen molar-refractivity contribution in [3.8, 4) is 5.75 Å². The number of carbonyl (C=O) groups excluding carboxylic acids is 2. The van der Waals surface area contributed by atoms with Gasteiger partial charge in [0.1, 0.15) is 5.75 Å². The summed E-state index contributed by atoms with van der Waals surface area (Å²) >= 11 is 0. The van der Waals surface area contributed by atoms with Crippen molar-refractivity contribution in [2.24, 2.45) is 0 Å². The third kappa shape index (κ3) is 6.37. The van der Waals surface area contributed by atoms with Gasteiger partial charge in [0.2, 0.25) is 11.8 Å². The number of benzene rings is 1. The van der Waals surface area contributed by atoms with Gasteiger partial charge in [-0.15, -0.1) is 0 Å². The van der Waals surface area contributed by atoms with Crippen LogP contribution in [0.2, 0.25) is 0 Å². The van der Waals surface area contributed by atoms with Crippen molar-refractivity contribution in [3.63, 3.8) is 0 Å². The van der Waals surface area contributed by atoms with Crippen LogP contribution in [0.4, 0.5) is 5.69 Å². The molecule has 0 N–H and O–H groups in total. The Kier molecular flexibility index (Phi) is 7.99. The largest absolute Gasteiger partial charge is 0.489 e. The van der Waals surface area contributed by atoms with Gasteiger partial charge in [0, 0.05) is 45.9 Å². The number of nitrogens with zero attached hydrogens (tertiary/aromatic N) is 3. The molecule has 2 rings (SSSR count). The van der Waals surface area contributed by atoms with Crippen molar-refractivity contribution in [2.45, 2.75) is 39.7 Å². The molecule has 28 heavy (non-hydrogen) atoms. The maximum atomic E-state index is 12.5. The SMILES string of the molecule is CC(=O)N(CCC(=O)N(C)CCc1ccncc1)c1ccccc1OC(C)C. The Morgan fingerprint density at radius 2 is 1.75 bits per heavy atom. The number of amides is 2. The normalized spacial score (nSPS) is 10.6. The fourth-order valence-corrected chi connectivity index (χ4v) is 2.85. The summed E-state index contributed by atoms with van der Waals surface area (Å²) in [5, 5.41) is 0. The first kappa shape index (κ1) is 21.4. The van der Waals surface area contributed by atoms with E-state index in [0.717, 1.165) is 12.0 Å². The van der Waals surface area contributed by atoms with Gasteiger partial charge in [0.25, 0.3) is 0 Å². The molecule has 6 heteroatoms. The van der Waals surface area contributed by atoms with Gasteiger partial charge in [-0.1, -0.05) is 12.1 Å². The Morgan fingerprint density at radius 3 is 2.39 bits per heavy atom. The highest BCUT2D eigenvalue weighted by Crippen LogP contribution is 2.29. The van der Waals surface area contributed by atoms with Crippen molar-refractivity contribution >= 4 is 17.5 Å². The van der Waals surface area contributed by atoms with E-state index in [4.69, 9.17) is 4.74 Å². The Hall–Kier alpha value is -2.89. The van der Waals surface area contributed by atoms with Gasteiger partial charge >= 0.3 is 0 Å². The number of para-hydroxylation sites is 2. The average molecular weight is 383 g/mol. The minimum Gasteiger partial charge on any atom is -0.489 e. The standard InChI is InChI=1S/C22H29N3O3/c1-17(2)28-21-8-6-5-7-20(21)25(18(3)26)16-12-22(27)24(4)15-11-19-9-13-23-14-10-19/h5-10,13-14,17H,11-12,15-16H2,1-4H3. The molecular formula is C22H29N3O3. The Morgan fingerprint density at radius 1 is 1.07 bits per heavy atom. The van der Waals surface area contributed by atoms with Crippen LogP contribution in [0.15, 0.2) is 48.8 Å². The predicted octanol–water partition coefficient (Wildman–Crippen LogP) is 3.31. The Bertz CT molecular complexity index is 778. The van der Waals surface area contributed by atoms with Crippen LogP contribution < -0.4 is 9.64 Å².